The van der Waals surface area contributed by atoms with Crippen molar-refractivity contribution in [2.75, 3.05) is 5.32 Å². The number of benzene rings is 1. The van der Waals surface area contributed by atoms with Crippen molar-refractivity contribution in [3.8, 4) is 0 Å². The van der Waals surface area contributed by atoms with Crippen LogP contribution in [0.25, 0.3) is 0 Å². The standard InChI is InChI=1S/C14H16BrN3O/c1-2-8-18-14(19)13(15)12(10-17-18)16-9-11-6-4-3-5-7-11/h3-7,10,16H,2,8-9H2,1H3. The fraction of sp³-hybridized carbons (Fsp3) is 0.286. The normalized spacial score (nSPS) is 10.4. The van der Waals surface area contributed by atoms with Crippen molar-refractivity contribution in [3.05, 3.63) is 56.9 Å². The van der Waals surface area contributed by atoms with Crippen LogP contribution in [-0.2, 0) is 13.1 Å². The van der Waals surface area contributed by atoms with E-state index in [1.807, 2.05) is 37.3 Å². The van der Waals surface area contributed by atoms with Crippen molar-refractivity contribution in [3.63, 3.8) is 0 Å². The molecule has 0 radical (unpaired) electrons. The van der Waals surface area contributed by atoms with Gasteiger partial charge in [-0.1, -0.05) is 37.3 Å². The van der Waals surface area contributed by atoms with Crippen molar-refractivity contribution in [2.45, 2.75) is 26.4 Å². The van der Waals surface area contributed by atoms with E-state index in [9.17, 15) is 4.79 Å². The fourth-order valence-corrected chi connectivity index (χ4v) is 2.20. The van der Waals surface area contributed by atoms with E-state index in [4.69, 9.17) is 0 Å². The van der Waals surface area contributed by atoms with Crippen LogP contribution in [0, 0.1) is 0 Å². The number of halogens is 1. The number of rotatable bonds is 5. The highest BCUT2D eigenvalue weighted by molar-refractivity contribution is 9.10. The molecule has 1 heterocycles. The first-order valence-corrected chi connectivity index (χ1v) is 7.05. The molecule has 0 saturated heterocycles. The van der Waals surface area contributed by atoms with Gasteiger partial charge in [-0.15, -0.1) is 0 Å². The van der Waals surface area contributed by atoms with Crippen LogP contribution in [0.1, 0.15) is 18.9 Å². The van der Waals surface area contributed by atoms with E-state index in [-0.39, 0.29) is 5.56 Å². The summed E-state index contributed by atoms with van der Waals surface area (Å²) in [6, 6.07) is 10.0. The van der Waals surface area contributed by atoms with E-state index in [2.05, 4.69) is 26.3 Å². The zero-order chi connectivity index (χ0) is 13.7. The maximum absolute atomic E-state index is 12.0. The van der Waals surface area contributed by atoms with Gasteiger partial charge in [0.1, 0.15) is 4.47 Å². The molecule has 19 heavy (non-hydrogen) atoms. The van der Waals surface area contributed by atoms with Crippen LogP contribution in [0.5, 0.6) is 0 Å². The van der Waals surface area contributed by atoms with Gasteiger partial charge in [0.05, 0.1) is 11.9 Å². The first-order chi connectivity index (χ1) is 9.22. The number of aromatic nitrogens is 2. The molecule has 0 aliphatic rings. The lowest BCUT2D eigenvalue weighted by Gasteiger charge is -2.10. The van der Waals surface area contributed by atoms with Crippen LogP contribution in [-0.4, -0.2) is 9.78 Å². The SMILES string of the molecule is CCCn1ncc(NCc2ccccc2)c(Br)c1=O. The quantitative estimate of drug-likeness (QED) is 0.920. The Morgan fingerprint density at radius 1 is 1.32 bits per heavy atom. The Morgan fingerprint density at radius 3 is 2.74 bits per heavy atom. The molecule has 2 aromatic rings. The third-order valence-electron chi connectivity index (χ3n) is 2.75. The summed E-state index contributed by atoms with van der Waals surface area (Å²) in [6.07, 6.45) is 2.57. The molecule has 2 rings (SSSR count). The lowest BCUT2D eigenvalue weighted by atomic mass is 10.2. The molecule has 0 aliphatic heterocycles. The minimum Gasteiger partial charge on any atom is -0.379 e. The summed E-state index contributed by atoms with van der Waals surface area (Å²) in [5.74, 6) is 0. The number of hydrogen-bond acceptors (Lipinski definition) is 3. The Labute approximate surface area is 120 Å². The molecular weight excluding hydrogens is 306 g/mol. The van der Waals surface area contributed by atoms with E-state index in [1.54, 1.807) is 6.20 Å². The number of anilines is 1. The molecule has 0 saturated carbocycles. The first kappa shape index (κ1) is 13.8. The minimum atomic E-state index is -0.0973. The number of aryl methyl sites for hydroxylation is 1. The van der Waals surface area contributed by atoms with E-state index in [0.717, 1.165) is 17.7 Å². The molecule has 0 aliphatic carbocycles. The Morgan fingerprint density at radius 2 is 2.05 bits per heavy atom. The molecule has 0 amide bonds. The van der Waals surface area contributed by atoms with E-state index in [1.165, 1.54) is 4.68 Å². The average Bonchev–Trinajstić information content (AvgIpc) is 2.44. The second-order valence-corrected chi connectivity index (χ2v) is 5.03. The highest BCUT2D eigenvalue weighted by atomic mass is 79.9. The van der Waals surface area contributed by atoms with Crippen LogP contribution in [0.2, 0.25) is 0 Å². The maximum Gasteiger partial charge on any atom is 0.283 e. The van der Waals surface area contributed by atoms with Gasteiger partial charge in [0.2, 0.25) is 0 Å². The third kappa shape index (κ3) is 3.44. The monoisotopic (exact) mass is 321 g/mol. The molecule has 1 aromatic heterocycles. The lowest BCUT2D eigenvalue weighted by molar-refractivity contribution is 0.566. The minimum absolute atomic E-state index is 0.0973. The van der Waals surface area contributed by atoms with Crippen LogP contribution in [0.15, 0.2) is 45.8 Å². The molecular formula is C14H16BrN3O. The van der Waals surface area contributed by atoms with Gasteiger partial charge < -0.3 is 5.32 Å². The van der Waals surface area contributed by atoms with Crippen molar-refractivity contribution >= 4 is 21.6 Å². The van der Waals surface area contributed by atoms with Gasteiger partial charge in [-0.05, 0) is 27.9 Å². The van der Waals surface area contributed by atoms with Gasteiger partial charge in [-0.2, -0.15) is 5.10 Å². The molecule has 5 heteroatoms. The van der Waals surface area contributed by atoms with Crippen molar-refractivity contribution in [2.24, 2.45) is 0 Å². The molecule has 0 fully saturated rings. The lowest BCUT2D eigenvalue weighted by Crippen LogP contribution is -2.24. The van der Waals surface area contributed by atoms with Crippen LogP contribution < -0.4 is 10.9 Å². The summed E-state index contributed by atoms with van der Waals surface area (Å²) in [5, 5.41) is 7.37. The van der Waals surface area contributed by atoms with Gasteiger partial charge in [0, 0.05) is 13.1 Å². The van der Waals surface area contributed by atoms with Crippen molar-refractivity contribution in [1.82, 2.24) is 9.78 Å². The summed E-state index contributed by atoms with van der Waals surface area (Å²) in [6.45, 7) is 3.32. The predicted octanol–water partition coefficient (Wildman–Crippen LogP) is 3.03. The second-order valence-electron chi connectivity index (χ2n) is 4.24. The molecule has 4 nitrogen and oxygen atoms in total. The molecule has 1 aromatic carbocycles. The van der Waals surface area contributed by atoms with Crippen molar-refractivity contribution < 1.29 is 0 Å². The maximum atomic E-state index is 12.0. The fourth-order valence-electron chi connectivity index (χ4n) is 1.75. The zero-order valence-corrected chi connectivity index (χ0v) is 12.4. The Kier molecular flexibility index (Phi) is 4.74. The summed E-state index contributed by atoms with van der Waals surface area (Å²) in [4.78, 5) is 12.0. The first-order valence-electron chi connectivity index (χ1n) is 6.25. The summed E-state index contributed by atoms with van der Waals surface area (Å²) in [7, 11) is 0. The Hall–Kier alpha value is -1.62. The van der Waals surface area contributed by atoms with Crippen LogP contribution in [0.4, 0.5) is 5.69 Å². The highest BCUT2D eigenvalue weighted by Crippen LogP contribution is 2.17. The zero-order valence-electron chi connectivity index (χ0n) is 10.8. The number of nitrogens with zero attached hydrogens (tertiary/aromatic N) is 2. The van der Waals surface area contributed by atoms with Gasteiger partial charge in [-0.3, -0.25) is 4.79 Å². The summed E-state index contributed by atoms with van der Waals surface area (Å²) in [5.41, 5.74) is 1.79. The third-order valence-corrected chi connectivity index (χ3v) is 3.51. The Balaban J connectivity index is 2.13. The Bertz CT molecular complexity index is 595. The molecule has 0 unspecified atom stereocenters. The smallest absolute Gasteiger partial charge is 0.283 e. The number of nitrogens with one attached hydrogen (secondary N) is 1. The molecule has 0 bridgehead atoms. The van der Waals surface area contributed by atoms with E-state index >= 15 is 0 Å². The van der Waals surface area contributed by atoms with Gasteiger partial charge in [0.15, 0.2) is 0 Å². The molecule has 0 atom stereocenters. The highest BCUT2D eigenvalue weighted by Gasteiger charge is 2.07. The van der Waals surface area contributed by atoms with Crippen LogP contribution in [0.3, 0.4) is 0 Å². The largest absolute Gasteiger partial charge is 0.379 e. The topological polar surface area (TPSA) is 46.9 Å². The van der Waals surface area contributed by atoms with Gasteiger partial charge in [-0.25, -0.2) is 4.68 Å². The molecule has 0 spiro atoms. The van der Waals surface area contributed by atoms with Crippen LogP contribution >= 0.6 is 15.9 Å². The summed E-state index contributed by atoms with van der Waals surface area (Å²) >= 11 is 3.34. The second kappa shape index (κ2) is 6.52. The van der Waals surface area contributed by atoms with Gasteiger partial charge >= 0.3 is 0 Å². The average molecular weight is 322 g/mol. The van der Waals surface area contributed by atoms with E-state index in [0.29, 0.717) is 17.6 Å². The molecule has 100 valence electrons. The predicted molar refractivity (Wildman–Crippen MR) is 80.3 cm³/mol. The van der Waals surface area contributed by atoms with E-state index < -0.39 is 0 Å². The van der Waals surface area contributed by atoms with Crippen molar-refractivity contribution in [1.29, 1.82) is 0 Å². The van der Waals surface area contributed by atoms with Gasteiger partial charge in [0.25, 0.3) is 5.56 Å². The summed E-state index contributed by atoms with van der Waals surface area (Å²) < 4.78 is 2.00. The molecule has 1 N–H and O–H groups in total. The number of hydrogen-bond donors (Lipinski definition) is 1.